The van der Waals surface area contributed by atoms with E-state index in [4.69, 9.17) is 9.16 Å². The molecule has 0 spiro atoms. The van der Waals surface area contributed by atoms with E-state index in [0.717, 1.165) is 0 Å². The molecule has 1 saturated heterocycles. The maximum Gasteiger partial charge on any atom is 0.261 e. The summed E-state index contributed by atoms with van der Waals surface area (Å²) in [7, 11) is -2.70. The lowest BCUT2D eigenvalue weighted by Crippen LogP contribution is -2.68. The van der Waals surface area contributed by atoms with Crippen molar-refractivity contribution in [1.29, 1.82) is 0 Å². The predicted molar refractivity (Wildman–Crippen MR) is 105 cm³/mol. The second kappa shape index (κ2) is 7.62. The summed E-state index contributed by atoms with van der Waals surface area (Å²) in [6.07, 6.45) is -1.38. The normalized spacial score (nSPS) is 24.0. The summed E-state index contributed by atoms with van der Waals surface area (Å²) >= 11 is 0. The van der Waals surface area contributed by atoms with Gasteiger partial charge in [0, 0.05) is 6.42 Å². The predicted octanol–water partition coefficient (Wildman–Crippen LogP) is 2.03. The van der Waals surface area contributed by atoms with E-state index in [1.54, 1.807) is 0 Å². The summed E-state index contributed by atoms with van der Waals surface area (Å²) in [5, 5.41) is 21.8. The Morgan fingerprint density at radius 1 is 1.00 bits per heavy atom. The Kier molecular flexibility index (Phi) is 5.65. The molecule has 1 fully saturated rings. The van der Waals surface area contributed by atoms with Gasteiger partial charge in [0.25, 0.3) is 8.32 Å². The SMILES string of the molecule is CC(C)(C)[Si](O[C@H]1CC(O)O[C@@H]1CO)(c1ccccc1)c1ccccc1. The number of aliphatic hydroxyl groups excluding tert-OH is 2. The van der Waals surface area contributed by atoms with Crippen LogP contribution in [0.4, 0.5) is 0 Å². The van der Waals surface area contributed by atoms with Crippen molar-refractivity contribution < 1.29 is 19.4 Å². The molecule has 5 heteroatoms. The molecule has 3 rings (SSSR count). The van der Waals surface area contributed by atoms with E-state index in [0.29, 0.717) is 6.42 Å². The largest absolute Gasteiger partial charge is 0.402 e. The van der Waals surface area contributed by atoms with Crippen molar-refractivity contribution in [2.24, 2.45) is 0 Å². The third kappa shape index (κ3) is 3.50. The van der Waals surface area contributed by atoms with E-state index in [1.807, 2.05) is 36.4 Å². The van der Waals surface area contributed by atoms with Crippen LogP contribution in [0.5, 0.6) is 0 Å². The first kappa shape index (κ1) is 19.3. The molecule has 3 atom stereocenters. The second-order valence-corrected chi connectivity index (χ2v) is 12.1. The number of ether oxygens (including phenoxy) is 1. The first-order valence-corrected chi connectivity index (χ1v) is 11.0. The number of rotatable bonds is 5. The van der Waals surface area contributed by atoms with Crippen molar-refractivity contribution in [2.75, 3.05) is 6.61 Å². The Labute approximate surface area is 156 Å². The smallest absolute Gasteiger partial charge is 0.261 e. The Morgan fingerprint density at radius 3 is 1.92 bits per heavy atom. The molecule has 1 aliphatic heterocycles. The summed E-state index contributed by atoms with van der Waals surface area (Å²) in [5.74, 6) is 0. The standard InChI is InChI=1S/C21H28O4Si/c1-21(2,3)26(16-10-6-4-7-11-16,17-12-8-5-9-13-17)25-18-14-20(23)24-19(18)15-22/h4-13,18-20,22-23H,14-15H2,1-3H3/t18-,19+,20?/m0/s1. The highest BCUT2D eigenvalue weighted by Gasteiger charge is 2.53. The van der Waals surface area contributed by atoms with Gasteiger partial charge in [0.1, 0.15) is 6.10 Å². The van der Waals surface area contributed by atoms with Gasteiger partial charge in [0.2, 0.25) is 0 Å². The summed E-state index contributed by atoms with van der Waals surface area (Å²) in [6.45, 7) is 6.46. The van der Waals surface area contributed by atoms with Crippen LogP contribution in [0.25, 0.3) is 0 Å². The lowest BCUT2D eigenvalue weighted by molar-refractivity contribution is -0.106. The monoisotopic (exact) mass is 372 g/mol. The molecule has 0 amide bonds. The fraction of sp³-hybridized carbons (Fsp3) is 0.429. The van der Waals surface area contributed by atoms with Gasteiger partial charge in [-0.25, -0.2) is 0 Å². The fourth-order valence-corrected chi connectivity index (χ4v) is 8.62. The van der Waals surface area contributed by atoms with Gasteiger partial charge in [-0.3, -0.25) is 0 Å². The summed E-state index contributed by atoms with van der Waals surface area (Å²) < 4.78 is 12.4. The number of hydrogen-bond donors (Lipinski definition) is 2. The lowest BCUT2D eigenvalue weighted by atomic mass is 10.2. The Bertz CT molecular complexity index is 659. The molecule has 0 radical (unpaired) electrons. The molecule has 1 aliphatic rings. The average Bonchev–Trinajstić information content (AvgIpc) is 2.99. The lowest BCUT2D eigenvalue weighted by Gasteiger charge is -2.45. The van der Waals surface area contributed by atoms with E-state index < -0.39 is 20.7 Å². The van der Waals surface area contributed by atoms with Gasteiger partial charge in [-0.2, -0.15) is 0 Å². The molecular weight excluding hydrogens is 344 g/mol. The van der Waals surface area contributed by atoms with Gasteiger partial charge in [-0.15, -0.1) is 0 Å². The molecule has 1 heterocycles. The number of aliphatic hydroxyl groups is 2. The highest BCUT2D eigenvalue weighted by atomic mass is 28.4. The Balaban J connectivity index is 2.15. The van der Waals surface area contributed by atoms with Crippen LogP contribution in [0.2, 0.25) is 5.04 Å². The highest BCUT2D eigenvalue weighted by molar-refractivity contribution is 6.99. The van der Waals surface area contributed by atoms with Crippen molar-refractivity contribution in [1.82, 2.24) is 0 Å². The highest BCUT2D eigenvalue weighted by Crippen LogP contribution is 2.39. The molecule has 2 N–H and O–H groups in total. The molecule has 2 aromatic carbocycles. The van der Waals surface area contributed by atoms with Crippen molar-refractivity contribution in [2.45, 2.75) is 50.7 Å². The fourth-order valence-electron chi connectivity index (χ4n) is 3.90. The first-order valence-electron chi connectivity index (χ1n) is 9.12. The molecule has 0 bridgehead atoms. The quantitative estimate of drug-likeness (QED) is 0.789. The minimum atomic E-state index is -2.70. The van der Waals surface area contributed by atoms with Crippen LogP contribution in [0.1, 0.15) is 27.2 Å². The topological polar surface area (TPSA) is 58.9 Å². The maximum absolute atomic E-state index is 9.94. The van der Waals surface area contributed by atoms with Crippen molar-refractivity contribution >= 4 is 18.7 Å². The number of benzene rings is 2. The summed E-state index contributed by atoms with van der Waals surface area (Å²) in [6, 6.07) is 20.7. The zero-order valence-electron chi connectivity index (χ0n) is 15.6. The van der Waals surface area contributed by atoms with Gasteiger partial charge in [-0.05, 0) is 15.4 Å². The van der Waals surface area contributed by atoms with Crippen LogP contribution >= 0.6 is 0 Å². The molecule has 4 nitrogen and oxygen atoms in total. The number of hydrogen-bond acceptors (Lipinski definition) is 4. The minimum Gasteiger partial charge on any atom is -0.402 e. The van der Waals surface area contributed by atoms with Gasteiger partial charge >= 0.3 is 0 Å². The molecule has 1 unspecified atom stereocenters. The molecule has 0 aromatic heterocycles. The Morgan fingerprint density at radius 2 is 1.50 bits per heavy atom. The van der Waals surface area contributed by atoms with E-state index in [1.165, 1.54) is 10.4 Å². The van der Waals surface area contributed by atoms with Crippen molar-refractivity contribution in [3.05, 3.63) is 60.7 Å². The molecule has 2 aromatic rings. The maximum atomic E-state index is 9.94. The molecule has 140 valence electrons. The zero-order valence-corrected chi connectivity index (χ0v) is 16.6. The van der Waals surface area contributed by atoms with Crippen LogP contribution in [0.3, 0.4) is 0 Å². The average molecular weight is 373 g/mol. The van der Waals surface area contributed by atoms with Gasteiger partial charge in [-0.1, -0.05) is 81.4 Å². The van der Waals surface area contributed by atoms with Crippen LogP contribution in [-0.2, 0) is 9.16 Å². The van der Waals surface area contributed by atoms with Crippen LogP contribution < -0.4 is 10.4 Å². The Hall–Kier alpha value is -1.50. The third-order valence-corrected chi connectivity index (χ3v) is 10.2. The summed E-state index contributed by atoms with van der Waals surface area (Å²) in [5.41, 5.74) is 0. The van der Waals surface area contributed by atoms with Crippen LogP contribution in [0, 0.1) is 0 Å². The van der Waals surface area contributed by atoms with Gasteiger partial charge in [0.15, 0.2) is 6.29 Å². The van der Waals surface area contributed by atoms with Crippen molar-refractivity contribution in [3.8, 4) is 0 Å². The summed E-state index contributed by atoms with van der Waals surface area (Å²) in [4.78, 5) is 0. The van der Waals surface area contributed by atoms with Gasteiger partial charge in [0.05, 0.1) is 12.7 Å². The molecule has 26 heavy (non-hydrogen) atoms. The molecular formula is C21H28O4Si. The molecule has 0 aliphatic carbocycles. The van der Waals surface area contributed by atoms with Crippen molar-refractivity contribution in [3.63, 3.8) is 0 Å². The first-order chi connectivity index (χ1) is 12.4. The van der Waals surface area contributed by atoms with E-state index >= 15 is 0 Å². The van der Waals surface area contributed by atoms with Gasteiger partial charge < -0.3 is 19.4 Å². The molecule has 0 saturated carbocycles. The minimum absolute atomic E-state index is 0.150. The van der Waals surface area contributed by atoms with E-state index in [-0.39, 0.29) is 17.7 Å². The zero-order chi connectivity index (χ0) is 18.8. The van der Waals surface area contributed by atoms with Crippen LogP contribution in [0.15, 0.2) is 60.7 Å². The van der Waals surface area contributed by atoms with E-state index in [9.17, 15) is 10.2 Å². The van der Waals surface area contributed by atoms with Crippen LogP contribution in [-0.4, -0.2) is 43.6 Å². The second-order valence-electron chi connectivity index (χ2n) is 7.87. The third-order valence-electron chi connectivity index (χ3n) is 5.11. The van der Waals surface area contributed by atoms with E-state index in [2.05, 4.69) is 45.0 Å².